The number of hydrogen-bond acceptors (Lipinski definition) is 5. The zero-order valence-electron chi connectivity index (χ0n) is 16.6. The molecule has 28 heavy (non-hydrogen) atoms. The molecule has 0 aromatic carbocycles. The first kappa shape index (κ1) is 19.2. The number of nitrogens with one attached hydrogen (secondary N) is 1. The molecule has 3 heterocycles. The number of allylic oxidation sites excluding steroid dienone is 6. The van der Waals surface area contributed by atoms with Gasteiger partial charge in [0.25, 0.3) is 0 Å². The molecule has 0 saturated heterocycles. The van der Waals surface area contributed by atoms with Crippen LogP contribution in [-0.2, 0) is 16.1 Å². The summed E-state index contributed by atoms with van der Waals surface area (Å²) in [5.41, 5.74) is 4.19. The Kier molecular flexibility index (Phi) is 5.05. The molecule has 7 heteroatoms. The molecule has 0 atom stereocenters. The van der Waals surface area contributed by atoms with E-state index in [0.717, 1.165) is 40.6 Å². The second-order valence-electron chi connectivity index (χ2n) is 7.90. The Balaban J connectivity index is 1.89. The lowest BCUT2D eigenvalue weighted by Gasteiger charge is -2.23. The van der Waals surface area contributed by atoms with Crippen LogP contribution in [0.2, 0.25) is 0 Å². The van der Waals surface area contributed by atoms with Crippen molar-refractivity contribution >= 4 is 39.7 Å². The number of rotatable bonds is 2. The molecule has 5 nitrogen and oxygen atoms in total. The zero-order valence-corrected chi connectivity index (χ0v) is 18.2. The monoisotopic (exact) mass is 412 g/mol. The number of amides is 1. The second kappa shape index (κ2) is 7.37. The minimum absolute atomic E-state index is 0.0955. The van der Waals surface area contributed by atoms with Crippen molar-refractivity contribution in [2.45, 2.75) is 56.7 Å². The highest BCUT2D eigenvalue weighted by Gasteiger charge is 2.33. The third-order valence-electron chi connectivity index (χ3n) is 4.52. The van der Waals surface area contributed by atoms with Crippen LogP contribution in [0.3, 0.4) is 0 Å². The van der Waals surface area contributed by atoms with Crippen molar-refractivity contribution in [2.75, 3.05) is 5.32 Å². The van der Waals surface area contributed by atoms with Crippen LogP contribution in [0, 0.1) is 0 Å². The molecule has 0 fully saturated rings. The van der Waals surface area contributed by atoms with Gasteiger partial charge < -0.3 is 5.32 Å². The number of hydrogen-bond donors (Lipinski definition) is 1. The van der Waals surface area contributed by atoms with Gasteiger partial charge in [0, 0.05) is 12.7 Å². The van der Waals surface area contributed by atoms with Gasteiger partial charge in [-0.1, -0.05) is 41.7 Å². The predicted molar refractivity (Wildman–Crippen MR) is 118 cm³/mol. The highest BCUT2D eigenvalue weighted by atomic mass is 32.2. The molecule has 0 radical (unpaired) electrons. The van der Waals surface area contributed by atoms with Crippen LogP contribution in [0.25, 0.3) is 16.1 Å². The Morgan fingerprint density at radius 2 is 2.07 bits per heavy atom. The third-order valence-corrected chi connectivity index (χ3v) is 6.63. The first-order chi connectivity index (χ1) is 13.3. The van der Waals surface area contributed by atoms with Crippen molar-refractivity contribution in [3.05, 3.63) is 41.8 Å². The van der Waals surface area contributed by atoms with Gasteiger partial charge in [-0.3, -0.25) is 9.48 Å². The third kappa shape index (κ3) is 3.61. The lowest BCUT2D eigenvalue weighted by Crippen LogP contribution is -2.24. The van der Waals surface area contributed by atoms with E-state index in [4.69, 9.17) is 5.10 Å². The first-order valence-corrected chi connectivity index (χ1v) is 11.2. The fraction of sp³-hybridized carbons (Fsp3) is 0.381. The zero-order chi connectivity index (χ0) is 19.9. The number of carbonyl (C=O) groups is 1. The summed E-state index contributed by atoms with van der Waals surface area (Å²) in [7, 11) is 0. The normalized spacial score (nSPS) is 20.2. The average Bonchev–Trinajstić information content (AvgIpc) is 3.14. The van der Waals surface area contributed by atoms with Gasteiger partial charge in [0.2, 0.25) is 5.91 Å². The molecular formula is C21H24N4OS2. The maximum absolute atomic E-state index is 11.5. The molecule has 2 aliphatic rings. The topological polar surface area (TPSA) is 59.8 Å². The number of aromatic nitrogens is 3. The van der Waals surface area contributed by atoms with E-state index in [1.54, 1.807) is 11.8 Å². The lowest BCUT2D eigenvalue weighted by atomic mass is 10.1. The summed E-state index contributed by atoms with van der Waals surface area (Å²) in [6, 6.07) is 0. The summed E-state index contributed by atoms with van der Waals surface area (Å²) < 4.78 is 2.13. The molecule has 2 aromatic rings. The van der Waals surface area contributed by atoms with Crippen LogP contribution < -0.4 is 5.32 Å². The molecule has 1 aliphatic carbocycles. The van der Waals surface area contributed by atoms with Crippen LogP contribution in [0.1, 0.15) is 51.9 Å². The molecule has 0 spiro atoms. The quantitative estimate of drug-likeness (QED) is 0.696. The summed E-state index contributed by atoms with van der Waals surface area (Å²) in [5, 5.41) is 8.56. The standard InChI is InChI=1S/C21H24N4OS2/c1-13(26)22-20-23-15-12-27-19-16(14-10-8-6-5-7-9-11-14)24-25(21(2,3)4)17(19)18(15)28-20/h5-6,8,10-11H,7,9,12H2,1-4H3,(H,22,23,26)/b6-5+,10-8-,14-11+. The Bertz CT molecular complexity index is 1020. The molecular weight excluding hydrogens is 388 g/mol. The SMILES string of the molecule is CC(=O)Nc1nc2c(s1)-c1c(c(C3=C/CC/C=C/C=C\3)nn1C(C)(C)C)SC2. The molecule has 1 aliphatic heterocycles. The smallest absolute Gasteiger partial charge is 0.223 e. The Morgan fingerprint density at radius 3 is 2.82 bits per heavy atom. The number of thioether (sulfide) groups is 1. The van der Waals surface area contributed by atoms with E-state index < -0.39 is 0 Å². The van der Waals surface area contributed by atoms with Crippen molar-refractivity contribution < 1.29 is 4.79 Å². The van der Waals surface area contributed by atoms with E-state index in [1.807, 2.05) is 0 Å². The first-order valence-electron chi connectivity index (χ1n) is 9.42. The van der Waals surface area contributed by atoms with Crippen LogP contribution >= 0.6 is 23.1 Å². The fourth-order valence-electron chi connectivity index (χ4n) is 3.31. The molecule has 4 rings (SSSR count). The van der Waals surface area contributed by atoms with Crippen LogP contribution in [0.15, 0.2) is 35.3 Å². The molecule has 0 bridgehead atoms. The molecule has 2 aromatic heterocycles. The number of thiazole rings is 1. The number of nitrogens with zero attached hydrogens (tertiary/aromatic N) is 3. The maximum atomic E-state index is 11.5. The van der Waals surface area contributed by atoms with Gasteiger partial charge in [0.15, 0.2) is 5.13 Å². The summed E-state index contributed by atoms with van der Waals surface area (Å²) in [5.74, 6) is 0.694. The largest absolute Gasteiger partial charge is 0.302 e. The Morgan fingerprint density at radius 1 is 1.25 bits per heavy atom. The number of carbonyl (C=O) groups excluding carboxylic acids is 1. The van der Waals surface area contributed by atoms with E-state index >= 15 is 0 Å². The Hall–Kier alpha value is -2.12. The van der Waals surface area contributed by atoms with Gasteiger partial charge >= 0.3 is 0 Å². The maximum Gasteiger partial charge on any atom is 0.223 e. The summed E-state index contributed by atoms with van der Waals surface area (Å²) in [4.78, 5) is 18.5. The summed E-state index contributed by atoms with van der Waals surface area (Å²) in [6.07, 6.45) is 12.9. The molecule has 1 amide bonds. The van der Waals surface area contributed by atoms with Gasteiger partial charge in [-0.15, -0.1) is 11.8 Å². The van der Waals surface area contributed by atoms with E-state index in [0.29, 0.717) is 5.13 Å². The molecule has 0 saturated carbocycles. The van der Waals surface area contributed by atoms with E-state index in [-0.39, 0.29) is 11.4 Å². The highest BCUT2D eigenvalue weighted by Crippen LogP contribution is 2.49. The number of anilines is 1. The van der Waals surface area contributed by atoms with Crippen molar-refractivity contribution in [3.63, 3.8) is 0 Å². The van der Waals surface area contributed by atoms with Crippen molar-refractivity contribution in [1.82, 2.24) is 14.8 Å². The van der Waals surface area contributed by atoms with Crippen molar-refractivity contribution in [3.8, 4) is 10.6 Å². The summed E-state index contributed by atoms with van der Waals surface area (Å²) in [6.45, 7) is 8.03. The molecule has 1 N–H and O–H groups in total. The fourth-order valence-corrected chi connectivity index (χ4v) is 5.64. The van der Waals surface area contributed by atoms with E-state index in [1.165, 1.54) is 28.7 Å². The van der Waals surface area contributed by atoms with E-state index in [9.17, 15) is 4.79 Å². The van der Waals surface area contributed by atoms with Crippen LogP contribution in [-0.4, -0.2) is 20.7 Å². The average molecular weight is 413 g/mol. The van der Waals surface area contributed by atoms with Gasteiger partial charge in [-0.2, -0.15) is 5.10 Å². The van der Waals surface area contributed by atoms with Gasteiger partial charge in [-0.05, 0) is 39.2 Å². The summed E-state index contributed by atoms with van der Waals surface area (Å²) >= 11 is 3.33. The van der Waals surface area contributed by atoms with E-state index in [2.05, 4.69) is 66.1 Å². The minimum atomic E-state index is -0.165. The second-order valence-corrected chi connectivity index (χ2v) is 9.88. The van der Waals surface area contributed by atoms with Crippen molar-refractivity contribution in [2.24, 2.45) is 0 Å². The molecule has 0 unspecified atom stereocenters. The minimum Gasteiger partial charge on any atom is -0.302 e. The Labute approximate surface area is 173 Å². The van der Waals surface area contributed by atoms with Gasteiger partial charge in [-0.25, -0.2) is 4.98 Å². The van der Waals surface area contributed by atoms with Crippen LogP contribution in [0.4, 0.5) is 5.13 Å². The lowest BCUT2D eigenvalue weighted by molar-refractivity contribution is -0.114. The van der Waals surface area contributed by atoms with Gasteiger partial charge in [0.05, 0.1) is 26.7 Å². The van der Waals surface area contributed by atoms with Crippen molar-refractivity contribution in [1.29, 1.82) is 0 Å². The van der Waals surface area contributed by atoms with Gasteiger partial charge in [0.1, 0.15) is 5.69 Å². The highest BCUT2D eigenvalue weighted by molar-refractivity contribution is 7.98. The predicted octanol–water partition coefficient (Wildman–Crippen LogP) is 5.62. The van der Waals surface area contributed by atoms with Crippen LogP contribution in [0.5, 0.6) is 0 Å². The number of fused-ring (bicyclic) bond motifs is 3. The molecule has 146 valence electrons.